The Kier molecular flexibility index (Phi) is 4.01. The van der Waals surface area contributed by atoms with Crippen LogP contribution >= 0.6 is 11.3 Å². The number of hydrogen-bond acceptors (Lipinski definition) is 3. The van der Waals surface area contributed by atoms with Gasteiger partial charge in [-0.05, 0) is 35.7 Å². The maximum atomic E-state index is 8.76. The second kappa shape index (κ2) is 5.70. The highest BCUT2D eigenvalue weighted by molar-refractivity contribution is 7.12. The molecule has 1 aromatic heterocycles. The fourth-order valence-electron chi connectivity index (χ4n) is 1.71. The van der Waals surface area contributed by atoms with Crippen molar-refractivity contribution < 1.29 is 0 Å². The maximum Gasteiger partial charge on any atom is 0.110 e. The molecule has 1 aromatic carbocycles. The molecule has 0 radical (unpaired) electrons. The third-order valence-electron chi connectivity index (χ3n) is 2.82. The Balaban J connectivity index is 1.96. The minimum atomic E-state index is 0.564. The molecule has 1 N–H and O–H groups in total. The van der Waals surface area contributed by atoms with E-state index in [2.05, 4.69) is 49.5 Å². The minimum Gasteiger partial charge on any atom is -0.380 e. The fourth-order valence-corrected chi connectivity index (χ4v) is 2.45. The van der Waals surface area contributed by atoms with Gasteiger partial charge in [-0.15, -0.1) is 11.3 Å². The van der Waals surface area contributed by atoms with Crippen LogP contribution < -0.4 is 5.32 Å². The van der Waals surface area contributed by atoms with Gasteiger partial charge in [-0.2, -0.15) is 5.26 Å². The first kappa shape index (κ1) is 12.7. The summed E-state index contributed by atoms with van der Waals surface area (Å²) in [5, 5.41) is 12.1. The van der Waals surface area contributed by atoms with Gasteiger partial charge in [0.05, 0.1) is 0 Å². The third kappa shape index (κ3) is 3.12. The lowest BCUT2D eigenvalue weighted by atomic mass is 10.0. The average molecular weight is 256 g/mol. The molecule has 0 saturated carbocycles. The van der Waals surface area contributed by atoms with E-state index in [1.54, 1.807) is 0 Å². The van der Waals surface area contributed by atoms with Crippen molar-refractivity contribution in [3.63, 3.8) is 0 Å². The van der Waals surface area contributed by atoms with Crippen LogP contribution in [0.2, 0.25) is 0 Å². The van der Waals surface area contributed by atoms with Crippen LogP contribution in [-0.2, 0) is 6.54 Å². The molecule has 0 bridgehead atoms. The van der Waals surface area contributed by atoms with Gasteiger partial charge < -0.3 is 5.32 Å². The molecule has 0 spiro atoms. The summed E-state index contributed by atoms with van der Waals surface area (Å²) in [6, 6.07) is 14.5. The van der Waals surface area contributed by atoms with Crippen molar-refractivity contribution in [3.8, 4) is 6.07 Å². The van der Waals surface area contributed by atoms with Crippen LogP contribution in [0.15, 0.2) is 36.4 Å². The van der Waals surface area contributed by atoms with Crippen molar-refractivity contribution in [1.82, 2.24) is 0 Å². The molecular formula is C15H16N2S. The van der Waals surface area contributed by atoms with Crippen LogP contribution in [0.1, 0.15) is 35.1 Å². The number of thiophene rings is 1. The second-order valence-corrected chi connectivity index (χ2v) is 5.68. The molecule has 18 heavy (non-hydrogen) atoms. The Labute approximate surface area is 112 Å². The molecule has 2 rings (SSSR count). The van der Waals surface area contributed by atoms with E-state index in [0.717, 1.165) is 17.1 Å². The zero-order valence-electron chi connectivity index (χ0n) is 10.6. The topological polar surface area (TPSA) is 35.8 Å². The zero-order valence-corrected chi connectivity index (χ0v) is 11.4. The normalized spacial score (nSPS) is 10.3. The fraction of sp³-hybridized carbons (Fsp3) is 0.267. The van der Waals surface area contributed by atoms with Crippen molar-refractivity contribution in [2.75, 3.05) is 5.32 Å². The summed E-state index contributed by atoms with van der Waals surface area (Å²) in [6.07, 6.45) is 0. The lowest BCUT2D eigenvalue weighted by molar-refractivity contribution is 0.867. The molecule has 0 aliphatic rings. The lowest BCUT2D eigenvalue weighted by Crippen LogP contribution is -1.97. The van der Waals surface area contributed by atoms with Gasteiger partial charge in [0.1, 0.15) is 10.9 Å². The van der Waals surface area contributed by atoms with Gasteiger partial charge in [-0.3, -0.25) is 0 Å². The monoisotopic (exact) mass is 256 g/mol. The molecule has 2 nitrogen and oxygen atoms in total. The largest absolute Gasteiger partial charge is 0.380 e. The number of nitrogens with zero attached hydrogens (tertiary/aromatic N) is 1. The van der Waals surface area contributed by atoms with Gasteiger partial charge in [-0.1, -0.05) is 26.0 Å². The molecule has 1 heterocycles. The van der Waals surface area contributed by atoms with Crippen molar-refractivity contribution in [2.24, 2.45) is 0 Å². The van der Waals surface area contributed by atoms with Gasteiger partial charge in [0.25, 0.3) is 0 Å². The van der Waals surface area contributed by atoms with Crippen molar-refractivity contribution in [1.29, 1.82) is 5.26 Å². The summed E-state index contributed by atoms with van der Waals surface area (Å²) in [4.78, 5) is 1.95. The van der Waals surface area contributed by atoms with Gasteiger partial charge in [-0.25, -0.2) is 0 Å². The molecular weight excluding hydrogens is 240 g/mol. The molecule has 0 fully saturated rings. The molecule has 0 aliphatic carbocycles. The van der Waals surface area contributed by atoms with E-state index < -0.39 is 0 Å². The van der Waals surface area contributed by atoms with Crippen LogP contribution in [0, 0.1) is 11.3 Å². The van der Waals surface area contributed by atoms with Crippen molar-refractivity contribution in [3.05, 3.63) is 51.7 Å². The number of nitriles is 1. The highest BCUT2D eigenvalue weighted by Crippen LogP contribution is 2.19. The van der Waals surface area contributed by atoms with Crippen LogP contribution in [0.5, 0.6) is 0 Å². The summed E-state index contributed by atoms with van der Waals surface area (Å²) in [7, 11) is 0. The Morgan fingerprint density at radius 3 is 2.44 bits per heavy atom. The summed E-state index contributed by atoms with van der Waals surface area (Å²) in [6.45, 7) is 5.16. The van der Waals surface area contributed by atoms with Gasteiger partial charge in [0.2, 0.25) is 0 Å². The molecule has 2 aromatic rings. The molecule has 92 valence electrons. The predicted octanol–water partition coefficient (Wildman–Crippen LogP) is 4.36. The molecule has 0 unspecified atom stereocenters. The van der Waals surface area contributed by atoms with Crippen LogP contribution in [0.4, 0.5) is 5.69 Å². The van der Waals surface area contributed by atoms with E-state index in [0.29, 0.717) is 5.92 Å². The standard InChI is InChI=1S/C15H16N2S/c1-11(2)12-3-5-13(6-4-12)17-10-15-8-7-14(9-16)18-15/h3-8,11,17H,10H2,1-2H3. The molecule has 0 aliphatic heterocycles. The minimum absolute atomic E-state index is 0.564. The van der Waals surface area contributed by atoms with E-state index >= 15 is 0 Å². The Bertz CT molecular complexity index is 547. The van der Waals surface area contributed by atoms with Crippen molar-refractivity contribution in [2.45, 2.75) is 26.3 Å². The maximum absolute atomic E-state index is 8.76. The highest BCUT2D eigenvalue weighted by atomic mass is 32.1. The number of benzene rings is 1. The van der Waals surface area contributed by atoms with E-state index in [9.17, 15) is 0 Å². The molecule has 3 heteroatoms. The number of hydrogen-bond donors (Lipinski definition) is 1. The van der Waals surface area contributed by atoms with E-state index in [1.165, 1.54) is 21.8 Å². The van der Waals surface area contributed by atoms with Crippen molar-refractivity contribution >= 4 is 17.0 Å². The van der Waals surface area contributed by atoms with Gasteiger partial charge in [0.15, 0.2) is 0 Å². The summed E-state index contributed by atoms with van der Waals surface area (Å²) in [5.74, 6) is 0.564. The number of nitrogens with one attached hydrogen (secondary N) is 1. The lowest BCUT2D eigenvalue weighted by Gasteiger charge is -2.08. The summed E-state index contributed by atoms with van der Waals surface area (Å²) >= 11 is 1.54. The first-order valence-electron chi connectivity index (χ1n) is 6.01. The second-order valence-electron chi connectivity index (χ2n) is 4.51. The Morgan fingerprint density at radius 2 is 1.89 bits per heavy atom. The molecule has 0 amide bonds. The molecule has 0 saturated heterocycles. The van der Waals surface area contributed by atoms with Gasteiger partial charge in [0, 0.05) is 17.1 Å². The van der Waals surface area contributed by atoms with Crippen LogP contribution in [-0.4, -0.2) is 0 Å². The van der Waals surface area contributed by atoms with Crippen LogP contribution in [0.25, 0.3) is 0 Å². The summed E-state index contributed by atoms with van der Waals surface area (Å²) < 4.78 is 0. The smallest absolute Gasteiger partial charge is 0.110 e. The zero-order chi connectivity index (χ0) is 13.0. The SMILES string of the molecule is CC(C)c1ccc(NCc2ccc(C#N)s2)cc1. The quantitative estimate of drug-likeness (QED) is 0.882. The average Bonchev–Trinajstić information content (AvgIpc) is 2.85. The highest BCUT2D eigenvalue weighted by Gasteiger charge is 2.01. The van der Waals surface area contributed by atoms with Gasteiger partial charge >= 0.3 is 0 Å². The number of rotatable bonds is 4. The Hall–Kier alpha value is -1.79. The molecule has 0 atom stereocenters. The summed E-state index contributed by atoms with van der Waals surface area (Å²) in [5.41, 5.74) is 2.47. The Morgan fingerprint density at radius 1 is 1.17 bits per heavy atom. The predicted molar refractivity (Wildman–Crippen MR) is 76.9 cm³/mol. The first-order chi connectivity index (χ1) is 8.69. The van der Waals surface area contributed by atoms with E-state index in [1.807, 2.05) is 12.1 Å². The first-order valence-corrected chi connectivity index (χ1v) is 6.83. The van der Waals surface area contributed by atoms with Crippen LogP contribution in [0.3, 0.4) is 0 Å². The number of anilines is 1. The third-order valence-corrected chi connectivity index (χ3v) is 3.81. The van der Waals surface area contributed by atoms with E-state index in [4.69, 9.17) is 5.26 Å². The van der Waals surface area contributed by atoms with E-state index in [-0.39, 0.29) is 0 Å².